The average molecular weight is 433 g/mol. The van der Waals surface area contributed by atoms with Gasteiger partial charge in [-0.15, -0.1) is 0 Å². The summed E-state index contributed by atoms with van der Waals surface area (Å²) in [5, 5.41) is 18.3. The lowest BCUT2D eigenvalue weighted by atomic mass is 10.1. The van der Waals surface area contributed by atoms with Gasteiger partial charge in [-0.05, 0) is 31.9 Å². The maximum atomic E-state index is 13.3. The number of amides is 1. The summed E-state index contributed by atoms with van der Waals surface area (Å²) in [4.78, 5) is 25.3. The van der Waals surface area contributed by atoms with Crippen molar-refractivity contribution in [2.45, 2.75) is 32.0 Å². The average Bonchev–Trinajstić information content (AvgIpc) is 3.50. The minimum atomic E-state index is -0.660. The second-order valence-corrected chi connectivity index (χ2v) is 7.75. The molecule has 164 valence electrons. The van der Waals surface area contributed by atoms with Gasteiger partial charge in [-0.3, -0.25) is 9.20 Å². The zero-order valence-corrected chi connectivity index (χ0v) is 17.6. The van der Waals surface area contributed by atoms with Crippen LogP contribution in [-0.4, -0.2) is 64.5 Å². The molecular weight excluding hydrogens is 410 g/mol. The van der Waals surface area contributed by atoms with Crippen LogP contribution < -0.4 is 4.74 Å². The molecule has 1 aromatic carbocycles. The Balaban J connectivity index is 1.36. The minimum Gasteiger partial charge on any atom is -0.470 e. The number of aliphatic hydroxyl groups is 1. The van der Waals surface area contributed by atoms with E-state index in [9.17, 15) is 9.90 Å². The first kappa shape index (κ1) is 20.1. The van der Waals surface area contributed by atoms with Gasteiger partial charge in [0.25, 0.3) is 11.8 Å². The van der Waals surface area contributed by atoms with Crippen LogP contribution in [0.2, 0.25) is 0 Å². The van der Waals surface area contributed by atoms with Gasteiger partial charge in [0.05, 0.1) is 48.2 Å². The molecule has 1 fully saturated rings. The van der Waals surface area contributed by atoms with E-state index in [4.69, 9.17) is 4.74 Å². The number of carbonyl (C=O) groups excluding carboxylic acids is 1. The fourth-order valence-corrected chi connectivity index (χ4v) is 4.02. The molecule has 0 spiro atoms. The molecule has 10 heteroatoms. The van der Waals surface area contributed by atoms with Gasteiger partial charge < -0.3 is 14.7 Å². The standard InChI is InChI=1S/C22H23N7O3/c1-15(30)19-13-24-20-21(23-10-12-28(19)20)32-16-5-4-11-27(14-16)22(31)17-6-2-3-7-18(17)29-25-8-9-26-29/h2-3,6-10,12-13,15-16,30H,4-5,11,14H2,1H3. The lowest BCUT2D eigenvalue weighted by molar-refractivity contribution is 0.0530. The molecule has 1 saturated heterocycles. The van der Waals surface area contributed by atoms with Crippen LogP contribution in [0, 0.1) is 0 Å². The molecule has 1 N–H and O–H groups in total. The third-order valence-electron chi connectivity index (χ3n) is 5.56. The van der Waals surface area contributed by atoms with Gasteiger partial charge in [0.15, 0.2) is 0 Å². The molecule has 0 bridgehead atoms. The van der Waals surface area contributed by atoms with Gasteiger partial charge in [-0.1, -0.05) is 12.1 Å². The molecule has 5 rings (SSSR count). The van der Waals surface area contributed by atoms with Crippen LogP contribution in [-0.2, 0) is 0 Å². The van der Waals surface area contributed by atoms with Crippen molar-refractivity contribution in [1.82, 2.24) is 34.3 Å². The molecule has 1 aliphatic rings. The Morgan fingerprint density at radius 1 is 1.19 bits per heavy atom. The summed E-state index contributed by atoms with van der Waals surface area (Å²) in [7, 11) is 0. The second kappa shape index (κ2) is 8.39. The molecule has 0 saturated carbocycles. The van der Waals surface area contributed by atoms with Crippen molar-refractivity contribution in [1.29, 1.82) is 0 Å². The molecule has 0 aliphatic carbocycles. The van der Waals surface area contributed by atoms with E-state index in [2.05, 4.69) is 20.2 Å². The lowest BCUT2D eigenvalue weighted by Crippen LogP contribution is -2.44. The number of imidazole rings is 1. The molecule has 0 radical (unpaired) electrons. The topological polar surface area (TPSA) is 111 Å². The van der Waals surface area contributed by atoms with E-state index in [1.807, 2.05) is 18.2 Å². The Labute approximate surface area is 184 Å². The van der Waals surface area contributed by atoms with Crippen LogP contribution in [0.15, 0.2) is 55.2 Å². The zero-order chi connectivity index (χ0) is 22.1. The number of piperidine rings is 1. The van der Waals surface area contributed by atoms with Crippen LogP contribution in [0.5, 0.6) is 5.88 Å². The molecule has 2 atom stereocenters. The van der Waals surface area contributed by atoms with Gasteiger partial charge >= 0.3 is 0 Å². The fourth-order valence-electron chi connectivity index (χ4n) is 4.02. The largest absolute Gasteiger partial charge is 0.470 e. The van der Waals surface area contributed by atoms with Crippen LogP contribution in [0.1, 0.15) is 41.9 Å². The number of hydrogen-bond donors (Lipinski definition) is 1. The number of benzene rings is 1. The highest BCUT2D eigenvalue weighted by molar-refractivity contribution is 5.97. The number of nitrogens with zero attached hydrogens (tertiary/aromatic N) is 7. The van der Waals surface area contributed by atoms with Gasteiger partial charge in [0.2, 0.25) is 5.65 Å². The quantitative estimate of drug-likeness (QED) is 0.513. The third-order valence-corrected chi connectivity index (χ3v) is 5.56. The third kappa shape index (κ3) is 3.69. The molecule has 10 nitrogen and oxygen atoms in total. The summed E-state index contributed by atoms with van der Waals surface area (Å²) in [5.41, 5.74) is 2.39. The summed E-state index contributed by atoms with van der Waals surface area (Å²) in [6.07, 6.45) is 8.89. The fraction of sp³-hybridized carbons (Fsp3) is 0.318. The van der Waals surface area contributed by atoms with Crippen molar-refractivity contribution in [2.24, 2.45) is 0 Å². The van der Waals surface area contributed by atoms with E-state index in [1.165, 1.54) is 4.80 Å². The first-order valence-electron chi connectivity index (χ1n) is 10.5. The van der Waals surface area contributed by atoms with Crippen LogP contribution in [0.4, 0.5) is 0 Å². The predicted octanol–water partition coefficient (Wildman–Crippen LogP) is 2.05. The van der Waals surface area contributed by atoms with Crippen molar-refractivity contribution in [2.75, 3.05) is 13.1 Å². The van der Waals surface area contributed by atoms with Crippen molar-refractivity contribution in [3.63, 3.8) is 0 Å². The van der Waals surface area contributed by atoms with Crippen LogP contribution in [0.3, 0.4) is 0 Å². The molecule has 4 heterocycles. The SMILES string of the molecule is CC(O)c1cnc2c(OC3CCCN(C(=O)c4ccccc4-n4nccn4)C3)nccn12. The molecule has 1 aliphatic heterocycles. The Morgan fingerprint density at radius 3 is 2.81 bits per heavy atom. The van der Waals surface area contributed by atoms with E-state index in [1.54, 1.807) is 53.3 Å². The Morgan fingerprint density at radius 2 is 2.00 bits per heavy atom. The van der Waals surface area contributed by atoms with E-state index >= 15 is 0 Å². The maximum Gasteiger partial charge on any atom is 0.258 e. The van der Waals surface area contributed by atoms with Crippen LogP contribution in [0.25, 0.3) is 11.3 Å². The number of aromatic nitrogens is 6. The first-order valence-corrected chi connectivity index (χ1v) is 10.5. The zero-order valence-electron chi connectivity index (χ0n) is 17.6. The number of hydrogen-bond acceptors (Lipinski definition) is 7. The molecule has 1 amide bonds. The smallest absolute Gasteiger partial charge is 0.258 e. The Bertz CT molecular complexity index is 1240. The highest BCUT2D eigenvalue weighted by atomic mass is 16.5. The minimum absolute atomic E-state index is 0.0884. The van der Waals surface area contributed by atoms with Crippen molar-refractivity contribution >= 4 is 11.6 Å². The summed E-state index contributed by atoms with van der Waals surface area (Å²) in [6, 6.07) is 7.31. The number of para-hydroxylation sites is 1. The monoisotopic (exact) mass is 433 g/mol. The van der Waals surface area contributed by atoms with E-state index in [0.717, 1.165) is 12.8 Å². The molecule has 32 heavy (non-hydrogen) atoms. The molecule has 3 aromatic heterocycles. The number of aliphatic hydroxyl groups excluding tert-OH is 1. The summed E-state index contributed by atoms with van der Waals surface area (Å²) in [6.45, 7) is 2.77. The Hall–Kier alpha value is -3.79. The summed E-state index contributed by atoms with van der Waals surface area (Å²) < 4.78 is 7.95. The summed E-state index contributed by atoms with van der Waals surface area (Å²) in [5.74, 6) is 0.300. The van der Waals surface area contributed by atoms with Gasteiger partial charge in [0, 0.05) is 18.9 Å². The number of carbonyl (C=O) groups is 1. The number of likely N-dealkylation sites (tertiary alicyclic amines) is 1. The van der Waals surface area contributed by atoms with E-state index in [0.29, 0.717) is 41.6 Å². The number of ether oxygens (including phenoxy) is 1. The Kier molecular flexibility index (Phi) is 5.28. The normalized spacial score (nSPS) is 17.4. The van der Waals surface area contributed by atoms with Crippen LogP contribution >= 0.6 is 0 Å². The van der Waals surface area contributed by atoms with E-state index in [-0.39, 0.29) is 12.0 Å². The molecule has 4 aromatic rings. The maximum absolute atomic E-state index is 13.3. The van der Waals surface area contributed by atoms with Crippen molar-refractivity contribution < 1.29 is 14.6 Å². The highest BCUT2D eigenvalue weighted by Gasteiger charge is 2.28. The van der Waals surface area contributed by atoms with Gasteiger partial charge in [0.1, 0.15) is 6.10 Å². The van der Waals surface area contributed by atoms with E-state index < -0.39 is 6.10 Å². The lowest BCUT2D eigenvalue weighted by Gasteiger charge is -2.33. The first-order chi connectivity index (χ1) is 15.6. The number of rotatable bonds is 5. The van der Waals surface area contributed by atoms with Gasteiger partial charge in [-0.2, -0.15) is 15.0 Å². The molecular formula is C22H23N7O3. The molecule has 2 unspecified atom stereocenters. The summed E-state index contributed by atoms with van der Waals surface area (Å²) >= 11 is 0. The predicted molar refractivity (Wildman–Crippen MR) is 115 cm³/mol. The second-order valence-electron chi connectivity index (χ2n) is 7.75. The van der Waals surface area contributed by atoms with Crippen molar-refractivity contribution in [3.8, 4) is 11.6 Å². The van der Waals surface area contributed by atoms with Crippen molar-refractivity contribution in [3.05, 3.63) is 66.5 Å². The highest BCUT2D eigenvalue weighted by Crippen LogP contribution is 2.24. The number of fused-ring (bicyclic) bond motifs is 1. The van der Waals surface area contributed by atoms with Gasteiger partial charge in [-0.25, -0.2) is 9.97 Å².